The van der Waals surface area contributed by atoms with E-state index in [4.69, 9.17) is 0 Å². The third-order valence-corrected chi connectivity index (χ3v) is 3.76. The summed E-state index contributed by atoms with van der Waals surface area (Å²) in [4.78, 5) is 12.3. The topological polar surface area (TPSA) is 26.9 Å². The van der Waals surface area contributed by atoms with Gasteiger partial charge in [-0.05, 0) is 37.1 Å². The van der Waals surface area contributed by atoms with Gasteiger partial charge in [-0.2, -0.15) is 0 Å². The quantitative estimate of drug-likeness (QED) is 0.712. The highest BCUT2D eigenvalue weighted by molar-refractivity contribution is 5.82. The Hall–Kier alpha value is -2.29. The number of imidazole rings is 1. The van der Waals surface area contributed by atoms with Gasteiger partial charge in [0.1, 0.15) is 0 Å². The van der Waals surface area contributed by atoms with Gasteiger partial charge in [-0.3, -0.25) is 9.13 Å². The van der Waals surface area contributed by atoms with E-state index in [9.17, 15) is 4.79 Å². The largest absolute Gasteiger partial charge is 0.329 e. The van der Waals surface area contributed by atoms with Gasteiger partial charge in [0, 0.05) is 13.1 Å². The fourth-order valence-electron chi connectivity index (χ4n) is 2.74. The predicted molar refractivity (Wildman–Crippen MR) is 83.0 cm³/mol. The number of hydrogen-bond acceptors (Lipinski definition) is 1. The van der Waals surface area contributed by atoms with Gasteiger partial charge < -0.3 is 0 Å². The number of aryl methyl sites for hydroxylation is 2. The third-order valence-electron chi connectivity index (χ3n) is 3.76. The van der Waals surface area contributed by atoms with E-state index in [0.717, 1.165) is 16.6 Å². The Morgan fingerprint density at radius 1 is 0.800 bits per heavy atom. The minimum absolute atomic E-state index is 0.0789. The van der Waals surface area contributed by atoms with E-state index in [1.165, 1.54) is 5.56 Å². The van der Waals surface area contributed by atoms with Crippen molar-refractivity contribution in [3.05, 3.63) is 59.0 Å². The number of benzene rings is 2. The molecular weight excluding hydrogens is 248 g/mol. The van der Waals surface area contributed by atoms with Crippen molar-refractivity contribution in [1.82, 2.24) is 9.13 Å². The van der Waals surface area contributed by atoms with Crippen LogP contribution in [-0.2, 0) is 13.1 Å². The van der Waals surface area contributed by atoms with Crippen molar-refractivity contribution >= 4 is 11.0 Å². The van der Waals surface area contributed by atoms with E-state index in [-0.39, 0.29) is 5.69 Å². The summed E-state index contributed by atoms with van der Waals surface area (Å²) >= 11 is 0. The Balaban J connectivity index is 2.29. The second kappa shape index (κ2) is 5.00. The van der Waals surface area contributed by atoms with Crippen LogP contribution in [0.1, 0.15) is 13.8 Å². The second-order valence-electron chi connectivity index (χ2n) is 4.84. The normalized spacial score (nSPS) is 11.1. The highest BCUT2D eigenvalue weighted by Crippen LogP contribution is 2.24. The summed E-state index contributed by atoms with van der Waals surface area (Å²) in [5, 5.41) is 0. The first-order valence-corrected chi connectivity index (χ1v) is 7.04. The van der Waals surface area contributed by atoms with Gasteiger partial charge in [-0.1, -0.05) is 36.4 Å². The first kappa shape index (κ1) is 12.7. The van der Waals surface area contributed by atoms with E-state index in [1.807, 2.05) is 41.2 Å². The summed E-state index contributed by atoms with van der Waals surface area (Å²) in [6.07, 6.45) is 0. The molecule has 3 heteroatoms. The van der Waals surface area contributed by atoms with Gasteiger partial charge >= 0.3 is 5.69 Å². The summed E-state index contributed by atoms with van der Waals surface area (Å²) in [6.45, 7) is 5.41. The van der Waals surface area contributed by atoms with E-state index in [0.29, 0.717) is 13.1 Å². The molecule has 2 aromatic carbocycles. The van der Waals surface area contributed by atoms with Gasteiger partial charge in [-0.25, -0.2) is 4.79 Å². The molecule has 0 atom stereocenters. The lowest BCUT2D eigenvalue weighted by Gasteiger charge is -2.04. The molecule has 3 rings (SSSR count). The number of nitrogens with zero attached hydrogens (tertiary/aromatic N) is 2. The SMILES string of the molecule is CCn1c(=O)n(CC)c2cc(-c3ccccc3)ccc21. The number of fused-ring (bicyclic) bond motifs is 1. The van der Waals surface area contributed by atoms with Gasteiger partial charge in [-0.15, -0.1) is 0 Å². The zero-order valence-corrected chi connectivity index (χ0v) is 11.8. The molecule has 0 amide bonds. The molecular formula is C17H18N2O. The Morgan fingerprint density at radius 3 is 2.10 bits per heavy atom. The summed E-state index contributed by atoms with van der Waals surface area (Å²) in [7, 11) is 0. The van der Waals surface area contributed by atoms with Crippen molar-refractivity contribution in [3.8, 4) is 11.1 Å². The highest BCUT2D eigenvalue weighted by atomic mass is 16.1. The Kier molecular flexibility index (Phi) is 3.18. The maximum atomic E-state index is 12.3. The molecule has 1 heterocycles. The van der Waals surface area contributed by atoms with Crippen molar-refractivity contribution in [2.24, 2.45) is 0 Å². The maximum Gasteiger partial charge on any atom is 0.329 e. The van der Waals surface area contributed by atoms with Crippen LogP contribution in [0.25, 0.3) is 22.2 Å². The molecule has 0 N–H and O–H groups in total. The molecule has 3 nitrogen and oxygen atoms in total. The van der Waals surface area contributed by atoms with E-state index in [1.54, 1.807) is 0 Å². The second-order valence-corrected chi connectivity index (χ2v) is 4.84. The molecule has 0 saturated heterocycles. The van der Waals surface area contributed by atoms with Crippen molar-refractivity contribution in [3.63, 3.8) is 0 Å². The Bertz CT molecular complexity index is 797. The van der Waals surface area contributed by atoms with Crippen molar-refractivity contribution in [2.45, 2.75) is 26.9 Å². The average Bonchev–Trinajstić information content (AvgIpc) is 2.78. The molecule has 0 aliphatic carbocycles. The first-order valence-electron chi connectivity index (χ1n) is 7.04. The number of hydrogen-bond donors (Lipinski definition) is 0. The Labute approximate surface area is 118 Å². The smallest absolute Gasteiger partial charge is 0.292 e. The molecule has 0 spiro atoms. The van der Waals surface area contributed by atoms with E-state index < -0.39 is 0 Å². The molecule has 0 fully saturated rings. The zero-order valence-electron chi connectivity index (χ0n) is 11.8. The molecule has 0 aliphatic rings. The van der Waals surface area contributed by atoms with E-state index >= 15 is 0 Å². The molecule has 20 heavy (non-hydrogen) atoms. The molecule has 0 saturated carbocycles. The standard InChI is InChI=1S/C17H18N2O/c1-3-18-15-11-10-14(13-8-6-5-7-9-13)12-16(15)19(4-2)17(18)20/h5-12H,3-4H2,1-2H3. The molecule has 3 aromatic rings. The van der Waals surface area contributed by atoms with Gasteiger partial charge in [0.05, 0.1) is 11.0 Å². The fourth-order valence-corrected chi connectivity index (χ4v) is 2.74. The zero-order chi connectivity index (χ0) is 14.1. The van der Waals surface area contributed by atoms with Crippen LogP contribution in [0.4, 0.5) is 0 Å². The van der Waals surface area contributed by atoms with Gasteiger partial charge in [0.25, 0.3) is 0 Å². The molecule has 102 valence electrons. The van der Waals surface area contributed by atoms with Crippen LogP contribution in [0, 0.1) is 0 Å². The fraction of sp³-hybridized carbons (Fsp3) is 0.235. The van der Waals surface area contributed by atoms with Crippen LogP contribution in [0.5, 0.6) is 0 Å². The van der Waals surface area contributed by atoms with Crippen LogP contribution in [-0.4, -0.2) is 9.13 Å². The van der Waals surface area contributed by atoms with Crippen molar-refractivity contribution in [1.29, 1.82) is 0 Å². The molecule has 0 unspecified atom stereocenters. The summed E-state index contributed by atoms with van der Waals surface area (Å²) in [6, 6.07) is 16.5. The lowest BCUT2D eigenvalue weighted by Crippen LogP contribution is -2.22. The summed E-state index contributed by atoms with van der Waals surface area (Å²) < 4.78 is 3.67. The number of aromatic nitrogens is 2. The van der Waals surface area contributed by atoms with Crippen LogP contribution >= 0.6 is 0 Å². The first-order chi connectivity index (χ1) is 9.76. The van der Waals surface area contributed by atoms with Crippen molar-refractivity contribution < 1.29 is 0 Å². The molecule has 0 bridgehead atoms. The number of rotatable bonds is 3. The minimum atomic E-state index is 0.0789. The Morgan fingerprint density at radius 2 is 1.45 bits per heavy atom. The van der Waals surface area contributed by atoms with Crippen LogP contribution < -0.4 is 5.69 Å². The lowest BCUT2D eigenvalue weighted by atomic mass is 10.1. The van der Waals surface area contributed by atoms with Crippen LogP contribution in [0.15, 0.2) is 53.3 Å². The molecule has 0 aliphatic heterocycles. The molecule has 0 radical (unpaired) electrons. The highest BCUT2D eigenvalue weighted by Gasteiger charge is 2.11. The summed E-state index contributed by atoms with van der Waals surface area (Å²) in [5.41, 5.74) is 4.43. The average molecular weight is 266 g/mol. The van der Waals surface area contributed by atoms with Crippen molar-refractivity contribution in [2.75, 3.05) is 0 Å². The monoisotopic (exact) mass is 266 g/mol. The van der Waals surface area contributed by atoms with Crippen LogP contribution in [0.2, 0.25) is 0 Å². The third kappa shape index (κ3) is 1.86. The predicted octanol–water partition coefficient (Wildman–Crippen LogP) is 3.51. The van der Waals surface area contributed by atoms with Crippen LogP contribution in [0.3, 0.4) is 0 Å². The molecule has 1 aromatic heterocycles. The van der Waals surface area contributed by atoms with Gasteiger partial charge in [0.2, 0.25) is 0 Å². The minimum Gasteiger partial charge on any atom is -0.292 e. The summed E-state index contributed by atoms with van der Waals surface area (Å²) in [5.74, 6) is 0. The van der Waals surface area contributed by atoms with Gasteiger partial charge in [0.15, 0.2) is 0 Å². The van der Waals surface area contributed by atoms with E-state index in [2.05, 4.69) is 30.3 Å². The maximum absolute atomic E-state index is 12.3. The lowest BCUT2D eigenvalue weighted by molar-refractivity contribution is 0.671.